The fraction of sp³-hybridized carbons (Fsp3) is 0.667. The highest BCUT2D eigenvalue weighted by atomic mass is 16.4. The minimum Gasteiger partial charge on any atom is -0.455 e. The standard InChI is InChI=1S/C18H24N2O3/c1-12-15-13(21)3-2-4-14(15)23-16(12)17(22)20-9-6-18(7-10-20)5-8-19-11-18/h19H,2-11H2,1H3. The summed E-state index contributed by atoms with van der Waals surface area (Å²) >= 11 is 0. The molecule has 1 amide bonds. The van der Waals surface area contributed by atoms with Gasteiger partial charge in [0.2, 0.25) is 0 Å². The predicted molar refractivity (Wildman–Crippen MR) is 85.8 cm³/mol. The van der Waals surface area contributed by atoms with Crippen molar-refractivity contribution in [3.63, 3.8) is 0 Å². The van der Waals surface area contributed by atoms with Gasteiger partial charge in [0.1, 0.15) is 5.76 Å². The molecule has 2 fully saturated rings. The molecule has 23 heavy (non-hydrogen) atoms. The number of nitrogens with zero attached hydrogens (tertiary/aromatic N) is 1. The summed E-state index contributed by atoms with van der Waals surface area (Å²) < 4.78 is 5.81. The molecular formula is C18H24N2O3. The lowest BCUT2D eigenvalue weighted by Crippen LogP contribution is -2.44. The Bertz CT molecular complexity index is 645. The number of aryl methyl sites for hydroxylation is 1. The van der Waals surface area contributed by atoms with E-state index in [4.69, 9.17) is 4.42 Å². The summed E-state index contributed by atoms with van der Waals surface area (Å²) in [5, 5.41) is 3.45. The van der Waals surface area contributed by atoms with Crippen molar-refractivity contribution < 1.29 is 14.0 Å². The molecule has 1 aromatic heterocycles. The molecule has 1 spiro atoms. The molecule has 0 aromatic carbocycles. The molecule has 1 N–H and O–H groups in total. The van der Waals surface area contributed by atoms with Gasteiger partial charge in [-0.25, -0.2) is 0 Å². The SMILES string of the molecule is Cc1c(C(=O)N2CCC3(CCNC3)CC2)oc2c1C(=O)CCC2. The molecule has 124 valence electrons. The number of fused-ring (bicyclic) bond motifs is 1. The molecule has 0 atom stereocenters. The van der Waals surface area contributed by atoms with Crippen LogP contribution in [0.15, 0.2) is 4.42 Å². The summed E-state index contributed by atoms with van der Waals surface area (Å²) in [5.74, 6) is 1.20. The first-order valence-electron chi connectivity index (χ1n) is 8.75. The number of amides is 1. The Labute approximate surface area is 136 Å². The van der Waals surface area contributed by atoms with Gasteiger partial charge in [0.15, 0.2) is 11.5 Å². The minimum absolute atomic E-state index is 0.0366. The summed E-state index contributed by atoms with van der Waals surface area (Å²) in [6.45, 7) is 5.61. The minimum atomic E-state index is -0.0366. The highest BCUT2D eigenvalue weighted by Gasteiger charge is 2.39. The van der Waals surface area contributed by atoms with Crippen LogP contribution in [0.1, 0.15) is 64.3 Å². The van der Waals surface area contributed by atoms with Crippen LogP contribution in [0.4, 0.5) is 0 Å². The molecule has 1 aliphatic carbocycles. The predicted octanol–water partition coefficient (Wildman–Crippen LogP) is 2.32. The molecule has 0 saturated carbocycles. The summed E-state index contributed by atoms with van der Waals surface area (Å²) in [4.78, 5) is 26.9. The normalized spacial score (nSPS) is 23.3. The molecule has 2 saturated heterocycles. The van der Waals surface area contributed by atoms with Crippen molar-refractivity contribution in [1.29, 1.82) is 0 Å². The molecule has 5 nitrogen and oxygen atoms in total. The zero-order valence-corrected chi connectivity index (χ0v) is 13.7. The third kappa shape index (κ3) is 2.42. The van der Waals surface area contributed by atoms with Crippen LogP contribution in [0.3, 0.4) is 0 Å². The van der Waals surface area contributed by atoms with Crippen LogP contribution in [-0.4, -0.2) is 42.8 Å². The van der Waals surface area contributed by atoms with E-state index >= 15 is 0 Å². The van der Waals surface area contributed by atoms with Crippen LogP contribution >= 0.6 is 0 Å². The zero-order chi connectivity index (χ0) is 16.0. The fourth-order valence-corrected chi connectivity index (χ4v) is 4.40. The first-order valence-corrected chi connectivity index (χ1v) is 8.75. The molecule has 4 rings (SSSR count). The van der Waals surface area contributed by atoms with E-state index in [-0.39, 0.29) is 11.7 Å². The van der Waals surface area contributed by atoms with E-state index < -0.39 is 0 Å². The van der Waals surface area contributed by atoms with Crippen LogP contribution in [-0.2, 0) is 6.42 Å². The van der Waals surface area contributed by atoms with Crippen molar-refractivity contribution in [2.45, 2.75) is 45.4 Å². The Hall–Kier alpha value is -1.62. The highest BCUT2D eigenvalue weighted by Crippen LogP contribution is 2.38. The van der Waals surface area contributed by atoms with E-state index in [2.05, 4.69) is 5.32 Å². The van der Waals surface area contributed by atoms with Gasteiger partial charge in [-0.15, -0.1) is 0 Å². The number of hydrogen-bond donors (Lipinski definition) is 1. The number of ketones is 1. The van der Waals surface area contributed by atoms with Crippen LogP contribution in [0.25, 0.3) is 0 Å². The largest absolute Gasteiger partial charge is 0.455 e. The van der Waals surface area contributed by atoms with Crippen molar-refractivity contribution in [3.05, 3.63) is 22.6 Å². The smallest absolute Gasteiger partial charge is 0.289 e. The Morgan fingerprint density at radius 1 is 1.22 bits per heavy atom. The zero-order valence-electron chi connectivity index (χ0n) is 13.7. The van der Waals surface area contributed by atoms with Crippen molar-refractivity contribution in [1.82, 2.24) is 10.2 Å². The van der Waals surface area contributed by atoms with Crippen LogP contribution in [0.2, 0.25) is 0 Å². The van der Waals surface area contributed by atoms with E-state index in [1.165, 1.54) is 6.42 Å². The molecule has 1 aromatic rings. The highest BCUT2D eigenvalue weighted by molar-refractivity contribution is 6.03. The number of nitrogens with one attached hydrogen (secondary N) is 1. The third-order valence-electron chi connectivity index (χ3n) is 5.94. The first-order chi connectivity index (χ1) is 11.1. The van der Waals surface area contributed by atoms with Gasteiger partial charge >= 0.3 is 0 Å². The molecule has 0 unspecified atom stereocenters. The Balaban J connectivity index is 1.53. The number of carbonyl (C=O) groups is 2. The Kier molecular flexibility index (Phi) is 3.56. The van der Waals surface area contributed by atoms with Crippen molar-refractivity contribution in [2.75, 3.05) is 26.2 Å². The van der Waals surface area contributed by atoms with Crippen molar-refractivity contribution in [2.24, 2.45) is 5.41 Å². The quantitative estimate of drug-likeness (QED) is 0.864. The number of hydrogen-bond acceptors (Lipinski definition) is 4. The molecule has 0 bridgehead atoms. The summed E-state index contributed by atoms with van der Waals surface area (Å²) in [6, 6.07) is 0. The van der Waals surface area contributed by atoms with E-state index in [9.17, 15) is 9.59 Å². The van der Waals surface area contributed by atoms with Crippen LogP contribution in [0, 0.1) is 12.3 Å². The lowest BCUT2D eigenvalue weighted by molar-refractivity contribution is 0.0574. The molecule has 3 heterocycles. The maximum Gasteiger partial charge on any atom is 0.289 e. The molecule has 3 aliphatic rings. The van der Waals surface area contributed by atoms with Crippen molar-refractivity contribution in [3.8, 4) is 0 Å². The van der Waals surface area contributed by atoms with Gasteiger partial charge in [-0.1, -0.05) is 0 Å². The first kappa shape index (κ1) is 14.9. The second-order valence-electron chi connectivity index (χ2n) is 7.35. The topological polar surface area (TPSA) is 62.6 Å². The van der Waals surface area contributed by atoms with Crippen LogP contribution < -0.4 is 5.32 Å². The van der Waals surface area contributed by atoms with Gasteiger partial charge in [-0.3, -0.25) is 9.59 Å². The average molecular weight is 316 g/mol. The van der Waals surface area contributed by atoms with Gasteiger partial charge in [0.25, 0.3) is 5.91 Å². The summed E-state index contributed by atoms with van der Waals surface area (Å²) in [6.07, 6.45) is 5.50. The number of Topliss-reactive ketones (excluding diaryl/α,β-unsaturated/α-hetero) is 1. The van der Waals surface area contributed by atoms with E-state index in [1.807, 2.05) is 11.8 Å². The van der Waals surface area contributed by atoms with Gasteiger partial charge in [-0.2, -0.15) is 0 Å². The number of likely N-dealkylation sites (tertiary alicyclic amines) is 1. The lowest BCUT2D eigenvalue weighted by Gasteiger charge is -2.38. The second kappa shape index (κ2) is 5.48. The van der Waals surface area contributed by atoms with Crippen LogP contribution in [0.5, 0.6) is 0 Å². The van der Waals surface area contributed by atoms with Gasteiger partial charge in [-0.05, 0) is 44.6 Å². The molecule has 5 heteroatoms. The lowest BCUT2D eigenvalue weighted by atomic mass is 9.78. The Morgan fingerprint density at radius 3 is 2.65 bits per heavy atom. The second-order valence-corrected chi connectivity index (χ2v) is 7.35. The van der Waals surface area contributed by atoms with Gasteiger partial charge < -0.3 is 14.6 Å². The molecular weight excluding hydrogens is 292 g/mol. The van der Waals surface area contributed by atoms with E-state index in [1.54, 1.807) is 0 Å². The number of rotatable bonds is 1. The fourth-order valence-electron chi connectivity index (χ4n) is 4.40. The van der Waals surface area contributed by atoms with Gasteiger partial charge in [0.05, 0.1) is 5.56 Å². The number of furan rings is 1. The van der Waals surface area contributed by atoms with E-state index in [0.29, 0.717) is 23.2 Å². The molecule has 0 radical (unpaired) electrons. The number of carbonyl (C=O) groups excluding carboxylic acids is 2. The third-order valence-corrected chi connectivity index (χ3v) is 5.94. The number of piperidine rings is 1. The average Bonchev–Trinajstić information content (AvgIpc) is 3.14. The summed E-state index contributed by atoms with van der Waals surface area (Å²) in [7, 11) is 0. The monoisotopic (exact) mass is 316 g/mol. The summed E-state index contributed by atoms with van der Waals surface area (Å²) in [5.41, 5.74) is 1.81. The Morgan fingerprint density at radius 2 is 2.00 bits per heavy atom. The maximum absolute atomic E-state index is 12.9. The van der Waals surface area contributed by atoms with Crippen molar-refractivity contribution >= 4 is 11.7 Å². The molecule has 2 aliphatic heterocycles. The maximum atomic E-state index is 12.9. The van der Waals surface area contributed by atoms with Gasteiger partial charge in [0, 0.05) is 38.0 Å². The van der Waals surface area contributed by atoms with E-state index in [0.717, 1.165) is 63.2 Å².